The summed E-state index contributed by atoms with van der Waals surface area (Å²) in [5.41, 5.74) is 3.17. The molecule has 1 aromatic carbocycles. The number of fused-ring (bicyclic) bond motifs is 1. The second-order valence-electron chi connectivity index (χ2n) is 5.48. The number of hydrogen-bond donors (Lipinski definition) is 0. The van der Waals surface area contributed by atoms with Crippen LogP contribution in [0.25, 0.3) is 5.69 Å². The first-order valence-electron chi connectivity index (χ1n) is 7.38. The Morgan fingerprint density at radius 3 is 2.83 bits per heavy atom. The molecule has 1 amide bonds. The van der Waals surface area contributed by atoms with Crippen molar-refractivity contribution >= 4 is 34.8 Å². The van der Waals surface area contributed by atoms with E-state index in [0.29, 0.717) is 27.8 Å². The van der Waals surface area contributed by atoms with Crippen LogP contribution in [0.3, 0.4) is 0 Å². The molecule has 0 saturated heterocycles. The summed E-state index contributed by atoms with van der Waals surface area (Å²) in [6.45, 7) is 0.646. The third kappa shape index (κ3) is 2.56. The van der Waals surface area contributed by atoms with Crippen molar-refractivity contribution in [1.82, 2.24) is 14.8 Å². The lowest BCUT2D eigenvalue weighted by molar-refractivity contribution is 0.0989. The number of anilines is 1. The molecule has 1 aliphatic heterocycles. The Morgan fingerprint density at radius 1 is 1.12 bits per heavy atom. The van der Waals surface area contributed by atoms with Crippen molar-refractivity contribution in [3.05, 3.63) is 70.2 Å². The molecule has 0 fully saturated rings. The quantitative estimate of drug-likeness (QED) is 0.700. The summed E-state index contributed by atoms with van der Waals surface area (Å²) in [6.07, 6.45) is 7.54. The molecule has 7 heteroatoms. The Balaban J connectivity index is 1.65. The van der Waals surface area contributed by atoms with Gasteiger partial charge in [-0.2, -0.15) is 5.10 Å². The first-order chi connectivity index (χ1) is 11.6. The molecule has 5 nitrogen and oxygen atoms in total. The molecule has 2 aromatic heterocycles. The van der Waals surface area contributed by atoms with Gasteiger partial charge in [0, 0.05) is 30.2 Å². The predicted molar refractivity (Wildman–Crippen MR) is 93.2 cm³/mol. The Bertz CT molecular complexity index is 938. The molecule has 4 rings (SSSR count). The fraction of sp³-hybridized carbons (Fsp3) is 0.118. The largest absolute Gasteiger partial charge is 0.308 e. The van der Waals surface area contributed by atoms with E-state index in [9.17, 15) is 4.79 Å². The summed E-state index contributed by atoms with van der Waals surface area (Å²) in [5, 5.41) is 5.28. The van der Waals surface area contributed by atoms with Crippen LogP contribution in [0.2, 0.25) is 10.0 Å². The zero-order chi connectivity index (χ0) is 16.7. The molecular formula is C17H12Cl2N4O. The van der Waals surface area contributed by atoms with E-state index in [1.807, 2.05) is 6.07 Å². The highest BCUT2D eigenvalue weighted by atomic mass is 35.5. The zero-order valence-electron chi connectivity index (χ0n) is 12.5. The molecule has 0 bridgehead atoms. The molecule has 3 heterocycles. The average molecular weight is 359 g/mol. The van der Waals surface area contributed by atoms with E-state index >= 15 is 0 Å². The molecule has 0 N–H and O–H groups in total. The topological polar surface area (TPSA) is 51.0 Å². The minimum absolute atomic E-state index is 0.0868. The zero-order valence-corrected chi connectivity index (χ0v) is 14.0. The lowest BCUT2D eigenvalue weighted by Crippen LogP contribution is -2.28. The van der Waals surface area contributed by atoms with E-state index in [2.05, 4.69) is 10.1 Å². The van der Waals surface area contributed by atoms with E-state index in [4.69, 9.17) is 23.2 Å². The second-order valence-corrected chi connectivity index (χ2v) is 6.32. The number of hydrogen-bond acceptors (Lipinski definition) is 3. The van der Waals surface area contributed by atoms with Gasteiger partial charge in [-0.25, -0.2) is 4.68 Å². The van der Waals surface area contributed by atoms with Gasteiger partial charge in [0.15, 0.2) is 0 Å². The summed E-state index contributed by atoms with van der Waals surface area (Å²) >= 11 is 12.1. The number of carbonyl (C=O) groups excluding carboxylic acids is 1. The van der Waals surface area contributed by atoms with Gasteiger partial charge in [0.1, 0.15) is 0 Å². The molecule has 0 spiro atoms. The molecule has 0 aliphatic carbocycles. The fourth-order valence-corrected chi connectivity index (χ4v) is 3.32. The van der Waals surface area contributed by atoms with Crippen molar-refractivity contribution in [2.24, 2.45) is 0 Å². The normalized spacial score (nSPS) is 13.2. The van der Waals surface area contributed by atoms with Gasteiger partial charge >= 0.3 is 0 Å². The number of rotatable bonds is 2. The van der Waals surface area contributed by atoms with E-state index in [-0.39, 0.29) is 5.91 Å². The Labute approximate surface area is 148 Å². The van der Waals surface area contributed by atoms with Gasteiger partial charge in [0.2, 0.25) is 0 Å². The van der Waals surface area contributed by atoms with Gasteiger partial charge in [-0.05, 0) is 36.2 Å². The first-order valence-corrected chi connectivity index (χ1v) is 8.14. The minimum atomic E-state index is -0.0868. The molecule has 120 valence electrons. The summed E-state index contributed by atoms with van der Waals surface area (Å²) in [6, 6.07) is 7.00. The van der Waals surface area contributed by atoms with Crippen LogP contribution < -0.4 is 4.90 Å². The van der Waals surface area contributed by atoms with Crippen LogP contribution in [0.1, 0.15) is 15.9 Å². The number of nitrogens with zero attached hydrogens (tertiary/aromatic N) is 4. The SMILES string of the molecule is O=C(c1cnn(-c2ccc(Cl)cc2Cl)c1)N1CCc2cnccc21. The van der Waals surface area contributed by atoms with Crippen molar-refractivity contribution < 1.29 is 4.79 Å². The Morgan fingerprint density at radius 2 is 2.00 bits per heavy atom. The predicted octanol–water partition coefficient (Wildman–Crippen LogP) is 3.78. The number of aromatic nitrogens is 3. The highest BCUT2D eigenvalue weighted by molar-refractivity contribution is 6.35. The maximum atomic E-state index is 12.8. The van der Waals surface area contributed by atoms with Crippen molar-refractivity contribution in [3.8, 4) is 5.69 Å². The molecule has 0 radical (unpaired) electrons. The van der Waals surface area contributed by atoms with E-state index in [1.165, 1.54) is 0 Å². The maximum absolute atomic E-state index is 12.8. The highest BCUT2D eigenvalue weighted by Gasteiger charge is 2.26. The maximum Gasteiger partial charge on any atom is 0.261 e. The molecule has 0 saturated carbocycles. The summed E-state index contributed by atoms with van der Waals surface area (Å²) in [7, 11) is 0. The number of carbonyl (C=O) groups is 1. The highest BCUT2D eigenvalue weighted by Crippen LogP contribution is 2.29. The van der Waals surface area contributed by atoms with Crippen LogP contribution in [0.4, 0.5) is 5.69 Å². The number of amides is 1. The molecule has 1 aliphatic rings. The minimum Gasteiger partial charge on any atom is -0.308 e. The average Bonchev–Trinajstić information content (AvgIpc) is 3.21. The third-order valence-corrected chi connectivity index (χ3v) is 4.54. The number of pyridine rings is 1. The number of halogens is 2. The van der Waals surface area contributed by atoms with E-state index in [0.717, 1.165) is 17.7 Å². The molecule has 0 unspecified atom stereocenters. The summed E-state index contributed by atoms with van der Waals surface area (Å²) < 4.78 is 1.58. The van der Waals surface area contributed by atoms with Crippen LogP contribution in [-0.4, -0.2) is 27.2 Å². The van der Waals surface area contributed by atoms with E-state index < -0.39 is 0 Å². The van der Waals surface area contributed by atoms with Crippen molar-refractivity contribution in [3.63, 3.8) is 0 Å². The van der Waals surface area contributed by atoms with Gasteiger partial charge < -0.3 is 4.90 Å². The van der Waals surface area contributed by atoms with Crippen LogP contribution in [0.5, 0.6) is 0 Å². The Kier molecular flexibility index (Phi) is 3.75. The monoisotopic (exact) mass is 358 g/mol. The Hall–Kier alpha value is -2.37. The van der Waals surface area contributed by atoms with Crippen LogP contribution >= 0.6 is 23.2 Å². The fourth-order valence-electron chi connectivity index (χ4n) is 2.83. The second kappa shape index (κ2) is 5.92. The van der Waals surface area contributed by atoms with Crippen LogP contribution in [0, 0.1) is 0 Å². The van der Waals surface area contributed by atoms with Crippen molar-refractivity contribution in [2.75, 3.05) is 11.4 Å². The molecule has 0 atom stereocenters. The summed E-state index contributed by atoms with van der Waals surface area (Å²) in [4.78, 5) is 18.6. The first kappa shape index (κ1) is 15.2. The standard InChI is InChI=1S/C17H12Cl2N4O/c18-13-1-2-16(14(19)7-13)23-10-12(9-21-23)17(24)22-6-4-11-8-20-5-3-15(11)22/h1-3,5,7-10H,4,6H2. The third-order valence-electron chi connectivity index (χ3n) is 4.00. The van der Waals surface area contributed by atoms with Gasteiger partial charge in [-0.15, -0.1) is 0 Å². The lowest BCUT2D eigenvalue weighted by atomic mass is 10.2. The van der Waals surface area contributed by atoms with Gasteiger partial charge in [-0.3, -0.25) is 9.78 Å². The number of benzene rings is 1. The van der Waals surface area contributed by atoms with E-state index in [1.54, 1.807) is 52.6 Å². The molecule has 24 heavy (non-hydrogen) atoms. The van der Waals surface area contributed by atoms with Crippen LogP contribution in [-0.2, 0) is 6.42 Å². The summed E-state index contributed by atoms with van der Waals surface area (Å²) in [5.74, 6) is -0.0868. The van der Waals surface area contributed by atoms with Crippen molar-refractivity contribution in [1.29, 1.82) is 0 Å². The van der Waals surface area contributed by atoms with Gasteiger partial charge in [-0.1, -0.05) is 23.2 Å². The van der Waals surface area contributed by atoms with Gasteiger partial charge in [0.05, 0.1) is 28.2 Å². The smallest absolute Gasteiger partial charge is 0.261 e. The molecule has 3 aromatic rings. The van der Waals surface area contributed by atoms with Crippen LogP contribution in [0.15, 0.2) is 49.1 Å². The molecular weight excluding hydrogens is 347 g/mol. The van der Waals surface area contributed by atoms with Crippen molar-refractivity contribution in [2.45, 2.75) is 6.42 Å². The lowest BCUT2D eigenvalue weighted by Gasteiger charge is -2.15. The van der Waals surface area contributed by atoms with Gasteiger partial charge in [0.25, 0.3) is 5.91 Å².